The molecule has 0 radical (unpaired) electrons. The van der Waals surface area contributed by atoms with Crippen molar-refractivity contribution in [1.82, 2.24) is 0 Å². The summed E-state index contributed by atoms with van der Waals surface area (Å²) >= 11 is 1.48. The zero-order chi connectivity index (χ0) is 16.7. The van der Waals surface area contributed by atoms with Crippen LogP contribution in [0.1, 0.15) is 16.0 Å². The fraction of sp³-hybridized carbons (Fsp3) is 0.125. The largest absolute Gasteiger partial charge is 0.399 e. The molecule has 0 saturated heterocycles. The van der Waals surface area contributed by atoms with Gasteiger partial charge in [0.05, 0.1) is 0 Å². The van der Waals surface area contributed by atoms with Crippen LogP contribution in [0.4, 0.5) is 8.78 Å². The van der Waals surface area contributed by atoms with Crippen LogP contribution in [-0.2, 0) is 16.6 Å². The number of fused-ring (bicyclic) bond motifs is 1. The molecule has 0 spiro atoms. The number of benzene rings is 2. The quantitative estimate of drug-likeness (QED) is 0.667. The van der Waals surface area contributed by atoms with Gasteiger partial charge in [0.25, 0.3) is 0 Å². The van der Waals surface area contributed by atoms with Crippen LogP contribution in [0, 0.1) is 0 Å². The second-order valence-electron chi connectivity index (χ2n) is 5.21. The van der Waals surface area contributed by atoms with Gasteiger partial charge in [-0.1, -0.05) is 36.4 Å². The van der Waals surface area contributed by atoms with E-state index in [1.54, 1.807) is 6.07 Å². The highest BCUT2D eigenvalue weighted by atomic mass is 32.1. The molecule has 120 valence electrons. The van der Waals surface area contributed by atoms with Gasteiger partial charge in [-0.3, -0.25) is 4.57 Å². The second kappa shape index (κ2) is 5.80. The molecule has 23 heavy (non-hydrogen) atoms. The third-order valence-electron chi connectivity index (χ3n) is 3.50. The first-order valence-electron chi connectivity index (χ1n) is 6.78. The van der Waals surface area contributed by atoms with Crippen LogP contribution in [0.3, 0.4) is 0 Å². The fourth-order valence-corrected chi connectivity index (χ4v) is 3.89. The van der Waals surface area contributed by atoms with Crippen LogP contribution in [-0.4, -0.2) is 9.79 Å². The fourth-order valence-electron chi connectivity index (χ4n) is 2.34. The molecule has 1 heterocycles. The van der Waals surface area contributed by atoms with Crippen LogP contribution in [0.2, 0.25) is 0 Å². The van der Waals surface area contributed by atoms with Crippen LogP contribution < -0.4 is 0 Å². The molecule has 0 atom stereocenters. The average molecular weight is 354 g/mol. The first-order chi connectivity index (χ1) is 10.8. The number of alkyl halides is 2. The smallest absolute Gasteiger partial charge is 0.320 e. The van der Waals surface area contributed by atoms with Crippen molar-refractivity contribution in [2.24, 2.45) is 0 Å². The van der Waals surface area contributed by atoms with Gasteiger partial charge in [-0.05, 0) is 29.1 Å². The summed E-state index contributed by atoms with van der Waals surface area (Å²) in [4.78, 5) is 18.7. The van der Waals surface area contributed by atoms with Crippen LogP contribution >= 0.6 is 18.9 Å². The van der Waals surface area contributed by atoms with E-state index in [4.69, 9.17) is 9.79 Å². The van der Waals surface area contributed by atoms with Crippen molar-refractivity contribution in [2.75, 3.05) is 0 Å². The maximum Gasteiger partial charge on any atom is 0.399 e. The van der Waals surface area contributed by atoms with Crippen molar-refractivity contribution in [1.29, 1.82) is 0 Å². The summed E-state index contributed by atoms with van der Waals surface area (Å²) in [7, 11) is -5.55. The maximum atomic E-state index is 13.8. The molecule has 0 aliphatic rings. The lowest BCUT2D eigenvalue weighted by Gasteiger charge is -2.17. The zero-order valence-electron chi connectivity index (χ0n) is 11.8. The standard InChI is InChI=1S/C16H13F2O3PS/c17-16(18,22(19,20)21)13-6-7-15-12(9-13)10-14(23-15)8-11-4-2-1-3-5-11/h1-7,9-10H,8H2,(H2,19,20,21). The van der Waals surface area contributed by atoms with E-state index >= 15 is 0 Å². The molecule has 3 rings (SSSR count). The highest BCUT2D eigenvalue weighted by Gasteiger charge is 2.50. The zero-order valence-corrected chi connectivity index (χ0v) is 13.5. The van der Waals surface area contributed by atoms with E-state index in [1.807, 2.05) is 30.3 Å². The number of rotatable bonds is 4. The number of halogens is 2. The monoisotopic (exact) mass is 354 g/mol. The Morgan fingerprint density at radius 1 is 1.04 bits per heavy atom. The second-order valence-corrected chi connectivity index (χ2v) is 8.03. The topological polar surface area (TPSA) is 57.5 Å². The van der Waals surface area contributed by atoms with Crippen molar-refractivity contribution in [3.05, 3.63) is 70.6 Å². The van der Waals surface area contributed by atoms with Gasteiger partial charge < -0.3 is 9.79 Å². The minimum atomic E-state index is -5.55. The van der Waals surface area contributed by atoms with Crippen molar-refractivity contribution < 1.29 is 23.1 Å². The summed E-state index contributed by atoms with van der Waals surface area (Å²) in [6, 6.07) is 15.2. The Bertz CT molecular complexity index is 887. The van der Waals surface area contributed by atoms with Gasteiger partial charge in [0, 0.05) is 21.6 Å². The number of hydrogen-bond donors (Lipinski definition) is 2. The van der Waals surface area contributed by atoms with Crippen molar-refractivity contribution in [3.63, 3.8) is 0 Å². The molecule has 3 aromatic rings. The van der Waals surface area contributed by atoms with Gasteiger partial charge in [0.1, 0.15) is 0 Å². The molecule has 7 heteroatoms. The summed E-state index contributed by atoms with van der Waals surface area (Å²) in [6.07, 6.45) is 0.685. The molecule has 0 amide bonds. The van der Waals surface area contributed by atoms with E-state index in [-0.39, 0.29) is 0 Å². The molecular formula is C16H13F2O3PS. The van der Waals surface area contributed by atoms with Gasteiger partial charge in [-0.2, -0.15) is 8.78 Å². The molecule has 0 saturated carbocycles. The molecule has 0 unspecified atom stereocenters. The molecular weight excluding hydrogens is 341 g/mol. The van der Waals surface area contributed by atoms with Gasteiger partial charge >= 0.3 is 13.3 Å². The van der Waals surface area contributed by atoms with Gasteiger partial charge in [0.15, 0.2) is 0 Å². The Hall–Kier alpha value is -1.59. The minimum Gasteiger partial charge on any atom is -0.320 e. The molecule has 0 aliphatic carbocycles. The first-order valence-corrected chi connectivity index (χ1v) is 9.20. The predicted octanol–water partition coefficient (Wildman–Crippen LogP) is 4.72. The third kappa shape index (κ3) is 3.21. The Labute approximate surface area is 135 Å². The molecule has 0 aliphatic heterocycles. The summed E-state index contributed by atoms with van der Waals surface area (Å²) in [5.74, 6) is 0. The Morgan fingerprint density at radius 2 is 1.74 bits per heavy atom. The van der Waals surface area contributed by atoms with E-state index in [0.717, 1.165) is 27.3 Å². The third-order valence-corrected chi connectivity index (χ3v) is 5.61. The van der Waals surface area contributed by atoms with Gasteiger partial charge in [-0.25, -0.2) is 0 Å². The highest BCUT2D eigenvalue weighted by molar-refractivity contribution is 7.52. The molecule has 0 bridgehead atoms. The van der Waals surface area contributed by atoms with Gasteiger partial charge in [0.2, 0.25) is 0 Å². The van der Waals surface area contributed by atoms with E-state index in [2.05, 4.69) is 0 Å². The molecule has 2 aromatic carbocycles. The van der Waals surface area contributed by atoms with E-state index in [0.29, 0.717) is 11.8 Å². The lowest BCUT2D eigenvalue weighted by Crippen LogP contribution is -2.13. The lowest BCUT2D eigenvalue weighted by molar-refractivity contribution is 0.0566. The first kappa shape index (κ1) is 16.3. The van der Waals surface area contributed by atoms with Crippen molar-refractivity contribution in [3.8, 4) is 0 Å². The number of thiophene rings is 1. The SMILES string of the molecule is O=P(O)(O)C(F)(F)c1ccc2sc(Cc3ccccc3)cc2c1. The molecule has 0 fully saturated rings. The Kier molecular flexibility index (Phi) is 4.10. The van der Waals surface area contributed by atoms with Gasteiger partial charge in [-0.15, -0.1) is 11.3 Å². The Morgan fingerprint density at radius 3 is 2.39 bits per heavy atom. The van der Waals surface area contributed by atoms with E-state index in [9.17, 15) is 13.3 Å². The highest BCUT2D eigenvalue weighted by Crippen LogP contribution is 2.59. The predicted molar refractivity (Wildman–Crippen MR) is 87.0 cm³/mol. The van der Waals surface area contributed by atoms with Crippen molar-refractivity contribution >= 4 is 29.0 Å². The molecule has 3 nitrogen and oxygen atoms in total. The lowest BCUT2D eigenvalue weighted by atomic mass is 10.1. The van der Waals surface area contributed by atoms with E-state index < -0.39 is 18.8 Å². The Balaban J connectivity index is 1.97. The maximum absolute atomic E-state index is 13.8. The summed E-state index contributed by atoms with van der Waals surface area (Å²) in [6.45, 7) is 0. The van der Waals surface area contributed by atoms with Crippen LogP contribution in [0.5, 0.6) is 0 Å². The van der Waals surface area contributed by atoms with Crippen LogP contribution in [0.25, 0.3) is 10.1 Å². The molecule has 2 N–H and O–H groups in total. The normalized spacial score (nSPS) is 12.7. The summed E-state index contributed by atoms with van der Waals surface area (Å²) < 4.78 is 39.4. The molecule has 1 aromatic heterocycles. The summed E-state index contributed by atoms with van der Waals surface area (Å²) in [5.41, 5.74) is -3.73. The number of hydrogen-bond acceptors (Lipinski definition) is 2. The minimum absolute atomic E-state index is 0.562. The van der Waals surface area contributed by atoms with Crippen LogP contribution in [0.15, 0.2) is 54.6 Å². The average Bonchev–Trinajstić information content (AvgIpc) is 2.88. The van der Waals surface area contributed by atoms with Crippen molar-refractivity contribution in [2.45, 2.75) is 12.1 Å². The summed E-state index contributed by atoms with van der Waals surface area (Å²) in [5, 5.41) is 0.562. The van der Waals surface area contributed by atoms with E-state index in [1.165, 1.54) is 17.4 Å².